The lowest BCUT2D eigenvalue weighted by molar-refractivity contribution is 0.133. The van der Waals surface area contributed by atoms with Crippen molar-refractivity contribution in [1.82, 2.24) is 0 Å². The minimum atomic E-state index is -3.56. The molecule has 0 saturated carbocycles. The zero-order valence-electron chi connectivity index (χ0n) is 9.63. The summed E-state index contributed by atoms with van der Waals surface area (Å²) in [6.07, 6.45) is 2.58. The van der Waals surface area contributed by atoms with Crippen LogP contribution in [0.1, 0.15) is 5.56 Å². The molecule has 1 aromatic carbocycles. The van der Waals surface area contributed by atoms with Crippen LogP contribution in [0.25, 0.3) is 0 Å². The quantitative estimate of drug-likeness (QED) is 0.783. The fourth-order valence-electron chi connectivity index (χ4n) is 2.15. The number of halogens is 1. The van der Waals surface area contributed by atoms with Gasteiger partial charge in [-0.15, -0.1) is 0 Å². The van der Waals surface area contributed by atoms with Crippen molar-refractivity contribution in [3.63, 3.8) is 0 Å². The zero-order valence-corrected chi connectivity index (χ0v) is 11.2. The van der Waals surface area contributed by atoms with Crippen molar-refractivity contribution in [3.8, 4) is 0 Å². The average molecular weight is 283 g/mol. The Labute approximate surface area is 111 Å². The molecule has 2 unspecified atom stereocenters. The van der Waals surface area contributed by atoms with Crippen LogP contribution in [0.2, 0.25) is 0 Å². The van der Waals surface area contributed by atoms with Crippen molar-refractivity contribution < 1.29 is 13.2 Å². The van der Waals surface area contributed by atoms with Gasteiger partial charge in [-0.05, 0) is 19.1 Å². The standard InChI is InChI=1S/C13H11ClO3S/c1-8-2-4-9(5-3-8)18(15,16)13-11-7-6-10(17-11)12(13)14/h2-7,10-11H,1H3. The second-order valence-electron chi connectivity index (χ2n) is 4.39. The SMILES string of the molecule is Cc1ccc(S(=O)(=O)C2=C(Cl)C3C=CC2O3)cc1. The van der Waals surface area contributed by atoms with Crippen molar-refractivity contribution in [2.45, 2.75) is 24.0 Å². The molecule has 0 fully saturated rings. The highest BCUT2D eigenvalue weighted by molar-refractivity contribution is 7.95. The predicted molar refractivity (Wildman–Crippen MR) is 69.0 cm³/mol. The van der Waals surface area contributed by atoms with Crippen LogP contribution in [-0.2, 0) is 14.6 Å². The van der Waals surface area contributed by atoms with E-state index in [1.807, 2.05) is 6.92 Å². The first-order chi connectivity index (χ1) is 8.50. The molecule has 0 N–H and O–H groups in total. The summed E-state index contributed by atoms with van der Waals surface area (Å²) in [4.78, 5) is 0.436. The van der Waals surface area contributed by atoms with Gasteiger partial charge in [-0.25, -0.2) is 8.42 Å². The number of hydrogen-bond donors (Lipinski definition) is 0. The minimum absolute atomic E-state index is 0.181. The molecular weight excluding hydrogens is 272 g/mol. The maximum Gasteiger partial charge on any atom is 0.206 e. The molecule has 0 spiro atoms. The molecule has 3 rings (SSSR count). The molecule has 0 amide bonds. The maximum atomic E-state index is 12.5. The lowest BCUT2D eigenvalue weighted by Gasteiger charge is -2.11. The number of rotatable bonds is 2. The fraction of sp³-hybridized carbons (Fsp3) is 0.231. The number of sulfone groups is 1. The summed E-state index contributed by atoms with van der Waals surface area (Å²) >= 11 is 6.06. The molecule has 2 aliphatic heterocycles. The van der Waals surface area contributed by atoms with Crippen molar-refractivity contribution in [1.29, 1.82) is 0 Å². The summed E-state index contributed by atoms with van der Waals surface area (Å²) < 4.78 is 30.4. The van der Waals surface area contributed by atoms with Gasteiger partial charge in [0.1, 0.15) is 12.2 Å². The van der Waals surface area contributed by atoms with E-state index in [9.17, 15) is 8.42 Å². The predicted octanol–water partition coefficient (Wildman–Crippen LogP) is 2.56. The van der Waals surface area contributed by atoms with Gasteiger partial charge in [0.25, 0.3) is 0 Å². The second kappa shape index (κ2) is 3.95. The van der Waals surface area contributed by atoms with E-state index in [1.165, 1.54) is 0 Å². The molecule has 0 aliphatic carbocycles. The van der Waals surface area contributed by atoms with Gasteiger partial charge in [-0.2, -0.15) is 0 Å². The largest absolute Gasteiger partial charge is 0.356 e. The van der Waals surface area contributed by atoms with Crippen molar-refractivity contribution in [2.24, 2.45) is 0 Å². The Morgan fingerprint density at radius 3 is 2.28 bits per heavy atom. The molecule has 2 heterocycles. The summed E-state index contributed by atoms with van der Waals surface area (Å²) in [5.41, 5.74) is 1.01. The Bertz CT molecular complexity index is 656. The van der Waals surface area contributed by atoms with E-state index in [-0.39, 0.29) is 14.8 Å². The zero-order chi connectivity index (χ0) is 12.9. The van der Waals surface area contributed by atoms with E-state index in [1.54, 1.807) is 36.4 Å². The van der Waals surface area contributed by atoms with Crippen molar-refractivity contribution >= 4 is 21.4 Å². The van der Waals surface area contributed by atoms with Gasteiger partial charge < -0.3 is 4.74 Å². The summed E-state index contributed by atoms with van der Waals surface area (Å²) in [7, 11) is -3.56. The first-order valence-corrected chi connectivity index (χ1v) is 7.41. The number of hydrogen-bond acceptors (Lipinski definition) is 3. The number of benzene rings is 1. The van der Waals surface area contributed by atoms with E-state index in [0.29, 0.717) is 0 Å². The number of ether oxygens (including phenoxy) is 1. The highest BCUT2D eigenvalue weighted by Crippen LogP contribution is 2.41. The molecule has 2 bridgehead atoms. The molecule has 0 saturated heterocycles. The Kier molecular flexibility index (Phi) is 2.62. The molecule has 18 heavy (non-hydrogen) atoms. The van der Waals surface area contributed by atoms with Gasteiger partial charge in [0.2, 0.25) is 9.84 Å². The van der Waals surface area contributed by atoms with E-state index in [0.717, 1.165) is 5.56 Å². The Morgan fingerprint density at radius 2 is 1.72 bits per heavy atom. The molecule has 94 valence electrons. The monoisotopic (exact) mass is 282 g/mol. The summed E-state index contributed by atoms with van der Waals surface area (Å²) in [6, 6.07) is 6.73. The minimum Gasteiger partial charge on any atom is -0.356 e. The third-order valence-electron chi connectivity index (χ3n) is 3.12. The smallest absolute Gasteiger partial charge is 0.206 e. The van der Waals surface area contributed by atoms with E-state index < -0.39 is 22.0 Å². The highest BCUT2D eigenvalue weighted by Gasteiger charge is 2.42. The number of aryl methyl sites for hydroxylation is 1. The van der Waals surface area contributed by atoms with Gasteiger partial charge in [-0.1, -0.05) is 41.4 Å². The van der Waals surface area contributed by atoms with Crippen LogP contribution in [0.5, 0.6) is 0 Å². The third kappa shape index (κ3) is 1.64. The topological polar surface area (TPSA) is 43.4 Å². The third-order valence-corrected chi connectivity index (χ3v) is 5.57. The molecule has 0 aromatic heterocycles. The Hall–Kier alpha value is -1.10. The fourth-order valence-corrected chi connectivity index (χ4v) is 4.24. The van der Waals surface area contributed by atoms with Gasteiger partial charge in [0.15, 0.2) is 0 Å². The Balaban J connectivity index is 2.09. The van der Waals surface area contributed by atoms with Crippen LogP contribution in [0.15, 0.2) is 51.3 Å². The van der Waals surface area contributed by atoms with Gasteiger partial charge in [0, 0.05) is 0 Å². The van der Waals surface area contributed by atoms with Crippen LogP contribution < -0.4 is 0 Å². The van der Waals surface area contributed by atoms with E-state index in [4.69, 9.17) is 16.3 Å². The van der Waals surface area contributed by atoms with Crippen LogP contribution in [-0.4, -0.2) is 20.6 Å². The van der Waals surface area contributed by atoms with Crippen LogP contribution in [0.3, 0.4) is 0 Å². The molecule has 0 radical (unpaired) electrons. The first kappa shape index (κ1) is 12.0. The number of fused-ring (bicyclic) bond motifs is 2. The molecule has 2 aliphatic rings. The van der Waals surface area contributed by atoms with Crippen LogP contribution >= 0.6 is 11.6 Å². The van der Waals surface area contributed by atoms with Crippen molar-refractivity contribution in [2.75, 3.05) is 0 Å². The van der Waals surface area contributed by atoms with Crippen molar-refractivity contribution in [3.05, 3.63) is 51.9 Å². The van der Waals surface area contributed by atoms with E-state index >= 15 is 0 Å². The first-order valence-electron chi connectivity index (χ1n) is 5.55. The summed E-state index contributed by atoms with van der Waals surface area (Å²) in [6.45, 7) is 1.91. The van der Waals surface area contributed by atoms with Gasteiger partial charge in [-0.3, -0.25) is 0 Å². The molecule has 3 nitrogen and oxygen atoms in total. The lowest BCUT2D eigenvalue weighted by atomic mass is 10.2. The molecule has 1 aromatic rings. The summed E-state index contributed by atoms with van der Waals surface area (Å²) in [5, 5.41) is 0.281. The van der Waals surface area contributed by atoms with Gasteiger partial charge in [0.05, 0.1) is 14.8 Å². The lowest BCUT2D eigenvalue weighted by Crippen LogP contribution is -2.14. The van der Waals surface area contributed by atoms with Crippen LogP contribution in [0, 0.1) is 6.92 Å². The average Bonchev–Trinajstić information content (AvgIpc) is 2.89. The molecule has 5 heteroatoms. The highest BCUT2D eigenvalue weighted by atomic mass is 35.5. The molecular formula is C13H11ClO3S. The maximum absolute atomic E-state index is 12.5. The molecule has 2 atom stereocenters. The normalized spacial score (nSPS) is 26.1. The Morgan fingerprint density at radius 1 is 1.11 bits per heavy atom. The van der Waals surface area contributed by atoms with Crippen LogP contribution in [0.4, 0.5) is 0 Å². The summed E-state index contributed by atoms with van der Waals surface area (Å²) in [5.74, 6) is 0. The second-order valence-corrected chi connectivity index (χ2v) is 6.72. The van der Waals surface area contributed by atoms with Gasteiger partial charge >= 0.3 is 0 Å². The van der Waals surface area contributed by atoms with E-state index in [2.05, 4.69) is 0 Å².